The first-order valence-electron chi connectivity index (χ1n) is 6.22. The first-order chi connectivity index (χ1) is 7.61. The third-order valence-electron chi connectivity index (χ3n) is 3.17. The van der Waals surface area contributed by atoms with Gasteiger partial charge < -0.3 is 5.11 Å². The SMILES string of the molecule is CCCCS(=O)(=O)N(CCO)C1CCCC1. The van der Waals surface area contributed by atoms with E-state index in [0.29, 0.717) is 6.42 Å². The van der Waals surface area contributed by atoms with Gasteiger partial charge in [0.25, 0.3) is 0 Å². The molecule has 0 heterocycles. The molecule has 1 N–H and O–H groups in total. The van der Waals surface area contributed by atoms with Gasteiger partial charge in [0.1, 0.15) is 0 Å². The van der Waals surface area contributed by atoms with Gasteiger partial charge in [-0.15, -0.1) is 0 Å². The van der Waals surface area contributed by atoms with Crippen LogP contribution in [0.5, 0.6) is 0 Å². The summed E-state index contributed by atoms with van der Waals surface area (Å²) in [5.74, 6) is 0.222. The summed E-state index contributed by atoms with van der Waals surface area (Å²) in [5.41, 5.74) is 0. The average Bonchev–Trinajstić information content (AvgIpc) is 2.76. The third-order valence-corrected chi connectivity index (χ3v) is 5.17. The molecule has 0 spiro atoms. The Hall–Kier alpha value is -0.130. The highest BCUT2D eigenvalue weighted by Crippen LogP contribution is 2.25. The molecule has 4 nitrogen and oxygen atoms in total. The summed E-state index contributed by atoms with van der Waals surface area (Å²) >= 11 is 0. The van der Waals surface area contributed by atoms with E-state index in [4.69, 9.17) is 5.11 Å². The zero-order chi connectivity index (χ0) is 12.0. The Bertz CT molecular complexity index is 284. The van der Waals surface area contributed by atoms with E-state index in [1.807, 2.05) is 6.92 Å². The molecule has 0 amide bonds. The molecular formula is C11H23NO3S. The van der Waals surface area contributed by atoms with Crippen LogP contribution in [-0.4, -0.2) is 42.8 Å². The van der Waals surface area contributed by atoms with Gasteiger partial charge in [0, 0.05) is 12.6 Å². The largest absolute Gasteiger partial charge is 0.395 e. The predicted molar refractivity (Wildman–Crippen MR) is 64.7 cm³/mol. The fraction of sp³-hybridized carbons (Fsp3) is 1.00. The summed E-state index contributed by atoms with van der Waals surface area (Å²) in [6.07, 6.45) is 5.70. The highest BCUT2D eigenvalue weighted by molar-refractivity contribution is 7.89. The van der Waals surface area contributed by atoms with Crippen LogP contribution in [0.2, 0.25) is 0 Å². The second kappa shape index (κ2) is 6.57. The normalized spacial score (nSPS) is 18.4. The molecule has 16 heavy (non-hydrogen) atoms. The lowest BCUT2D eigenvalue weighted by Gasteiger charge is -2.27. The lowest BCUT2D eigenvalue weighted by Crippen LogP contribution is -2.41. The number of sulfonamides is 1. The lowest BCUT2D eigenvalue weighted by atomic mass is 10.2. The van der Waals surface area contributed by atoms with E-state index in [-0.39, 0.29) is 24.9 Å². The second-order valence-corrected chi connectivity index (χ2v) is 6.48. The summed E-state index contributed by atoms with van der Waals surface area (Å²) < 4.78 is 25.7. The van der Waals surface area contributed by atoms with Crippen LogP contribution in [0.3, 0.4) is 0 Å². The predicted octanol–water partition coefficient (Wildman–Crippen LogP) is 1.35. The van der Waals surface area contributed by atoms with Crippen LogP contribution in [0.15, 0.2) is 0 Å². The molecule has 0 aromatic carbocycles. The van der Waals surface area contributed by atoms with Gasteiger partial charge in [-0.1, -0.05) is 26.2 Å². The third kappa shape index (κ3) is 3.71. The minimum Gasteiger partial charge on any atom is -0.395 e. The van der Waals surface area contributed by atoms with Crippen molar-refractivity contribution in [2.45, 2.75) is 51.5 Å². The van der Waals surface area contributed by atoms with Crippen LogP contribution < -0.4 is 0 Å². The molecule has 1 saturated carbocycles. The highest BCUT2D eigenvalue weighted by atomic mass is 32.2. The molecule has 5 heteroatoms. The fourth-order valence-corrected chi connectivity index (χ4v) is 4.20. The number of rotatable bonds is 7. The van der Waals surface area contributed by atoms with E-state index in [1.165, 1.54) is 4.31 Å². The quantitative estimate of drug-likeness (QED) is 0.741. The Morgan fingerprint density at radius 3 is 2.44 bits per heavy atom. The van der Waals surface area contributed by atoms with Gasteiger partial charge in [-0.05, 0) is 19.3 Å². The molecule has 96 valence electrons. The molecule has 1 fully saturated rings. The summed E-state index contributed by atoms with van der Waals surface area (Å²) in [4.78, 5) is 0. The Morgan fingerprint density at radius 1 is 1.31 bits per heavy atom. The Morgan fingerprint density at radius 2 is 1.94 bits per heavy atom. The Kier molecular flexibility index (Phi) is 5.72. The van der Waals surface area contributed by atoms with Gasteiger partial charge in [0.05, 0.1) is 12.4 Å². The number of hydrogen-bond donors (Lipinski definition) is 1. The topological polar surface area (TPSA) is 57.6 Å². The van der Waals surface area contributed by atoms with Gasteiger partial charge in [0.15, 0.2) is 0 Å². The van der Waals surface area contributed by atoms with Crippen LogP contribution in [0, 0.1) is 0 Å². The number of unbranched alkanes of at least 4 members (excludes halogenated alkanes) is 1. The van der Waals surface area contributed by atoms with Crippen molar-refractivity contribution in [2.75, 3.05) is 18.9 Å². The number of hydrogen-bond acceptors (Lipinski definition) is 3. The van der Waals surface area contributed by atoms with Crippen molar-refractivity contribution in [3.8, 4) is 0 Å². The molecule has 0 radical (unpaired) electrons. The van der Waals surface area contributed by atoms with E-state index in [2.05, 4.69) is 0 Å². The van der Waals surface area contributed by atoms with Crippen LogP contribution in [0.25, 0.3) is 0 Å². The minimum absolute atomic E-state index is 0.0815. The van der Waals surface area contributed by atoms with Crippen molar-refractivity contribution >= 4 is 10.0 Å². The van der Waals surface area contributed by atoms with Crippen molar-refractivity contribution in [3.05, 3.63) is 0 Å². The van der Waals surface area contributed by atoms with E-state index in [0.717, 1.165) is 32.1 Å². The first-order valence-corrected chi connectivity index (χ1v) is 7.83. The van der Waals surface area contributed by atoms with Gasteiger partial charge in [-0.25, -0.2) is 8.42 Å². The van der Waals surface area contributed by atoms with E-state index < -0.39 is 10.0 Å². The van der Waals surface area contributed by atoms with Crippen molar-refractivity contribution in [2.24, 2.45) is 0 Å². The standard InChI is InChI=1S/C11H23NO3S/c1-2-3-10-16(14,15)12(8-9-13)11-6-4-5-7-11/h11,13H,2-10H2,1H3. The van der Waals surface area contributed by atoms with Gasteiger partial charge >= 0.3 is 0 Å². The molecule has 0 aromatic heterocycles. The van der Waals surface area contributed by atoms with Crippen molar-refractivity contribution in [1.82, 2.24) is 4.31 Å². The van der Waals surface area contributed by atoms with E-state index in [1.54, 1.807) is 0 Å². The average molecular weight is 249 g/mol. The fourth-order valence-electron chi connectivity index (χ4n) is 2.28. The molecule has 0 unspecified atom stereocenters. The maximum absolute atomic E-state index is 12.1. The smallest absolute Gasteiger partial charge is 0.214 e. The summed E-state index contributed by atoms with van der Waals surface area (Å²) in [6, 6.07) is 0.133. The Labute approximate surface area is 98.7 Å². The molecule has 1 aliphatic rings. The van der Waals surface area contributed by atoms with Gasteiger partial charge in [0.2, 0.25) is 10.0 Å². The first kappa shape index (κ1) is 13.9. The van der Waals surface area contributed by atoms with Crippen LogP contribution in [0.1, 0.15) is 45.4 Å². The molecule has 0 saturated heterocycles. The summed E-state index contributed by atoms with van der Waals surface area (Å²) in [5, 5.41) is 8.98. The zero-order valence-corrected chi connectivity index (χ0v) is 10.9. The maximum atomic E-state index is 12.1. The van der Waals surface area contributed by atoms with E-state index in [9.17, 15) is 8.42 Å². The maximum Gasteiger partial charge on any atom is 0.214 e. The molecule has 1 rings (SSSR count). The van der Waals surface area contributed by atoms with Crippen LogP contribution >= 0.6 is 0 Å². The molecule has 0 aliphatic heterocycles. The molecule has 0 aromatic rings. The van der Waals surface area contributed by atoms with Crippen molar-refractivity contribution in [3.63, 3.8) is 0 Å². The molecule has 0 bridgehead atoms. The second-order valence-electron chi connectivity index (χ2n) is 4.44. The van der Waals surface area contributed by atoms with Crippen LogP contribution in [-0.2, 0) is 10.0 Å². The van der Waals surface area contributed by atoms with E-state index >= 15 is 0 Å². The van der Waals surface area contributed by atoms with Gasteiger partial charge in [-0.3, -0.25) is 0 Å². The van der Waals surface area contributed by atoms with Crippen molar-refractivity contribution < 1.29 is 13.5 Å². The monoisotopic (exact) mass is 249 g/mol. The molecule has 0 atom stereocenters. The highest BCUT2D eigenvalue weighted by Gasteiger charge is 2.30. The summed E-state index contributed by atoms with van der Waals surface area (Å²) in [6.45, 7) is 2.17. The Balaban J connectivity index is 2.67. The lowest BCUT2D eigenvalue weighted by molar-refractivity contribution is 0.226. The minimum atomic E-state index is -3.16. The van der Waals surface area contributed by atoms with Crippen molar-refractivity contribution in [1.29, 1.82) is 0 Å². The molecule has 1 aliphatic carbocycles. The van der Waals surface area contributed by atoms with Crippen LogP contribution in [0.4, 0.5) is 0 Å². The number of aliphatic hydroxyl groups excluding tert-OH is 1. The summed E-state index contributed by atoms with van der Waals surface area (Å²) in [7, 11) is -3.16. The molecular weight excluding hydrogens is 226 g/mol. The number of aliphatic hydroxyl groups is 1. The zero-order valence-electron chi connectivity index (χ0n) is 10.1. The van der Waals surface area contributed by atoms with Gasteiger partial charge in [-0.2, -0.15) is 4.31 Å². The number of nitrogens with zero attached hydrogens (tertiary/aromatic N) is 1.